The maximum absolute atomic E-state index is 12.6. The Morgan fingerprint density at radius 2 is 1.61 bits per heavy atom. The lowest BCUT2D eigenvalue weighted by molar-refractivity contribution is 0.0994. The van der Waals surface area contributed by atoms with E-state index in [9.17, 15) is 18.0 Å². The average Bonchev–Trinajstić information content (AvgIpc) is 3.43. The Morgan fingerprint density at radius 3 is 2.24 bits per heavy atom. The highest BCUT2D eigenvalue weighted by Gasteiger charge is 2.15. The van der Waals surface area contributed by atoms with Gasteiger partial charge >= 0.3 is 0 Å². The van der Waals surface area contributed by atoms with Gasteiger partial charge in [-0.3, -0.25) is 19.6 Å². The number of ketones is 1. The van der Waals surface area contributed by atoms with E-state index in [1.165, 1.54) is 18.3 Å². The van der Waals surface area contributed by atoms with Gasteiger partial charge in [-0.1, -0.05) is 36.4 Å². The van der Waals surface area contributed by atoms with Crippen LogP contribution in [0, 0.1) is 0 Å². The predicted molar refractivity (Wildman–Crippen MR) is 128 cm³/mol. The summed E-state index contributed by atoms with van der Waals surface area (Å²) < 4.78 is 30.7. The monoisotopic (exact) mass is 481 g/mol. The molecule has 2 aromatic heterocycles. The molecule has 33 heavy (non-hydrogen) atoms. The number of Topliss-reactive ketones (excluding diaryl/α,β-unsaturated/α-hetero) is 1. The third kappa shape index (κ3) is 5.54. The molecule has 0 saturated carbocycles. The van der Waals surface area contributed by atoms with Crippen molar-refractivity contribution in [1.29, 1.82) is 0 Å². The quantitative estimate of drug-likeness (QED) is 0.363. The number of carbonyl (C=O) groups excluding carboxylic acids is 2. The average molecular weight is 482 g/mol. The van der Waals surface area contributed by atoms with Crippen molar-refractivity contribution in [3.8, 4) is 22.6 Å². The van der Waals surface area contributed by atoms with Crippen LogP contribution in [-0.2, 0) is 10.0 Å². The van der Waals surface area contributed by atoms with Crippen LogP contribution in [0.4, 0.5) is 10.8 Å². The molecule has 0 bridgehead atoms. The molecule has 0 spiro atoms. The molecule has 4 rings (SSSR count). The van der Waals surface area contributed by atoms with Crippen LogP contribution < -0.4 is 10.0 Å². The molecule has 0 atom stereocenters. The number of nitrogens with zero attached hydrogens (tertiary/aromatic N) is 1. The summed E-state index contributed by atoms with van der Waals surface area (Å²) in [5, 5.41) is 4.91. The number of amides is 1. The van der Waals surface area contributed by atoms with E-state index in [-0.39, 0.29) is 11.5 Å². The topological polar surface area (TPSA) is 118 Å². The van der Waals surface area contributed by atoms with Crippen LogP contribution in [0.15, 0.2) is 70.5 Å². The van der Waals surface area contributed by atoms with Crippen LogP contribution in [0.3, 0.4) is 0 Å². The molecule has 168 valence electrons. The lowest BCUT2D eigenvalue weighted by Crippen LogP contribution is -2.10. The van der Waals surface area contributed by atoms with Crippen LogP contribution in [0.5, 0.6) is 0 Å². The van der Waals surface area contributed by atoms with E-state index in [0.717, 1.165) is 17.4 Å². The van der Waals surface area contributed by atoms with Crippen molar-refractivity contribution in [2.45, 2.75) is 6.92 Å². The summed E-state index contributed by atoms with van der Waals surface area (Å²) in [4.78, 5) is 28.4. The molecule has 0 saturated heterocycles. The molecule has 0 aliphatic heterocycles. The molecule has 4 aromatic rings. The molecule has 10 heteroatoms. The van der Waals surface area contributed by atoms with Crippen molar-refractivity contribution in [3.05, 3.63) is 77.4 Å². The fourth-order valence-electron chi connectivity index (χ4n) is 3.03. The smallest absolute Gasteiger partial charge is 0.293 e. The second-order valence-corrected chi connectivity index (χ2v) is 9.85. The fraction of sp³-hybridized carbons (Fsp3) is 0.0870. The molecule has 0 aliphatic carbocycles. The second-order valence-electron chi connectivity index (χ2n) is 7.24. The zero-order chi connectivity index (χ0) is 23.6. The number of anilines is 2. The Balaban J connectivity index is 1.43. The number of hydrogen-bond donors (Lipinski definition) is 2. The van der Waals surface area contributed by atoms with Gasteiger partial charge in [-0.25, -0.2) is 13.4 Å². The van der Waals surface area contributed by atoms with E-state index in [1.54, 1.807) is 66.0 Å². The number of rotatable bonds is 7. The number of benzene rings is 2. The molecule has 2 aromatic carbocycles. The van der Waals surface area contributed by atoms with Gasteiger partial charge in [-0.15, -0.1) is 11.3 Å². The minimum absolute atomic E-state index is 0.0228. The van der Waals surface area contributed by atoms with E-state index in [0.29, 0.717) is 27.8 Å². The number of furan rings is 1. The van der Waals surface area contributed by atoms with Gasteiger partial charge in [-0.05, 0) is 31.2 Å². The number of aromatic nitrogens is 1. The molecule has 1 amide bonds. The van der Waals surface area contributed by atoms with Crippen molar-refractivity contribution >= 4 is 43.9 Å². The van der Waals surface area contributed by atoms with Gasteiger partial charge in [0, 0.05) is 27.8 Å². The van der Waals surface area contributed by atoms with Crippen LogP contribution in [-0.4, -0.2) is 31.3 Å². The highest BCUT2D eigenvalue weighted by atomic mass is 32.2. The first-order chi connectivity index (χ1) is 15.7. The Morgan fingerprint density at radius 1 is 0.939 bits per heavy atom. The summed E-state index contributed by atoms with van der Waals surface area (Å²) in [6.45, 7) is 1.50. The number of sulfonamides is 1. The summed E-state index contributed by atoms with van der Waals surface area (Å²) in [6.07, 6.45) is 1.09. The fourth-order valence-corrected chi connectivity index (χ4v) is 4.31. The SMILES string of the molecule is CC(=O)c1ccc(-c2ccc(C(=O)Nc3nc(-c4ccc(NS(C)(=O)=O)cc4)cs3)o2)cc1. The third-order valence-electron chi connectivity index (χ3n) is 4.61. The van der Waals surface area contributed by atoms with Crippen LogP contribution >= 0.6 is 11.3 Å². The lowest BCUT2D eigenvalue weighted by Gasteiger charge is -2.04. The Kier molecular flexibility index (Phi) is 6.12. The zero-order valence-electron chi connectivity index (χ0n) is 17.7. The largest absolute Gasteiger partial charge is 0.451 e. The lowest BCUT2D eigenvalue weighted by atomic mass is 10.1. The van der Waals surface area contributed by atoms with Crippen molar-refractivity contribution in [2.75, 3.05) is 16.3 Å². The van der Waals surface area contributed by atoms with Gasteiger partial charge in [0.1, 0.15) is 5.76 Å². The van der Waals surface area contributed by atoms with E-state index in [4.69, 9.17) is 4.42 Å². The molecule has 0 fully saturated rings. The molecular formula is C23H19N3O5S2. The van der Waals surface area contributed by atoms with Crippen LogP contribution in [0.2, 0.25) is 0 Å². The van der Waals surface area contributed by atoms with Crippen molar-refractivity contribution < 1.29 is 22.4 Å². The number of carbonyl (C=O) groups is 2. The van der Waals surface area contributed by atoms with E-state index < -0.39 is 15.9 Å². The summed E-state index contributed by atoms with van der Waals surface area (Å²) in [7, 11) is -3.35. The molecule has 0 aliphatic rings. The minimum atomic E-state index is -3.35. The first kappa shape index (κ1) is 22.4. The Bertz CT molecular complexity index is 1420. The van der Waals surface area contributed by atoms with Crippen LogP contribution in [0.25, 0.3) is 22.6 Å². The summed E-state index contributed by atoms with van der Waals surface area (Å²) >= 11 is 1.26. The maximum Gasteiger partial charge on any atom is 0.293 e. The maximum atomic E-state index is 12.6. The van der Waals surface area contributed by atoms with Crippen molar-refractivity contribution in [2.24, 2.45) is 0 Å². The van der Waals surface area contributed by atoms with E-state index >= 15 is 0 Å². The molecular weight excluding hydrogens is 462 g/mol. The Hall–Kier alpha value is -3.76. The zero-order valence-corrected chi connectivity index (χ0v) is 19.3. The van der Waals surface area contributed by atoms with Gasteiger partial charge in [0.25, 0.3) is 5.91 Å². The van der Waals surface area contributed by atoms with Gasteiger partial charge in [0.2, 0.25) is 10.0 Å². The van der Waals surface area contributed by atoms with Gasteiger partial charge in [0.15, 0.2) is 16.7 Å². The van der Waals surface area contributed by atoms with Crippen molar-refractivity contribution in [3.63, 3.8) is 0 Å². The van der Waals surface area contributed by atoms with Gasteiger partial charge < -0.3 is 4.42 Å². The number of thiazole rings is 1. The summed E-state index contributed by atoms with van der Waals surface area (Å²) in [5.74, 6) is 0.187. The molecule has 8 nitrogen and oxygen atoms in total. The summed E-state index contributed by atoms with van der Waals surface area (Å²) in [5.41, 5.74) is 3.23. The van der Waals surface area contributed by atoms with Gasteiger partial charge in [-0.2, -0.15) is 0 Å². The normalized spacial score (nSPS) is 11.2. The highest BCUT2D eigenvalue weighted by molar-refractivity contribution is 7.92. The number of nitrogens with one attached hydrogen (secondary N) is 2. The highest BCUT2D eigenvalue weighted by Crippen LogP contribution is 2.27. The van der Waals surface area contributed by atoms with Crippen molar-refractivity contribution in [1.82, 2.24) is 4.98 Å². The Labute approximate surface area is 194 Å². The van der Waals surface area contributed by atoms with E-state index in [1.807, 2.05) is 0 Å². The standard InChI is InChI=1S/C23H19N3O5S2/c1-14(27)15-3-5-17(6-4-15)20-11-12-21(31-20)22(28)25-23-24-19(13-32-23)16-7-9-18(10-8-16)26-33(2,29)30/h3-13,26H,1-2H3,(H,24,25,28). The molecule has 0 unspecified atom stereocenters. The molecule has 2 N–H and O–H groups in total. The van der Waals surface area contributed by atoms with E-state index in [2.05, 4.69) is 15.0 Å². The first-order valence-electron chi connectivity index (χ1n) is 9.74. The van der Waals surface area contributed by atoms with Gasteiger partial charge in [0.05, 0.1) is 11.9 Å². The second kappa shape index (κ2) is 9.00. The van der Waals surface area contributed by atoms with Crippen LogP contribution in [0.1, 0.15) is 27.8 Å². The minimum Gasteiger partial charge on any atom is -0.451 e. The number of hydrogen-bond acceptors (Lipinski definition) is 7. The third-order valence-corrected chi connectivity index (χ3v) is 5.98. The first-order valence-corrected chi connectivity index (χ1v) is 12.5. The predicted octanol–water partition coefficient (Wildman–Crippen LogP) is 4.90. The summed E-state index contributed by atoms with van der Waals surface area (Å²) in [6, 6.07) is 17.0. The molecule has 0 radical (unpaired) electrons. The molecule has 2 heterocycles.